The monoisotopic (exact) mass is 856 g/mol. The molecule has 0 saturated heterocycles. The van der Waals surface area contributed by atoms with E-state index in [-0.39, 0.29) is 12.1 Å². The largest absolute Gasteiger partial charge is 0.493 e. The molecule has 0 bridgehead atoms. The molecule has 2 aliphatic rings. The number of nitrogens with zero attached hydrogens (tertiary/aromatic N) is 2. The fraction of sp³-hybridized carbons (Fsp3) is 0.214. The van der Waals surface area contributed by atoms with E-state index in [1.165, 1.54) is 82.5 Å². The molecule has 2 aliphatic heterocycles. The average molecular weight is 857 g/mol. The van der Waals surface area contributed by atoms with E-state index < -0.39 is 0 Å². The second-order valence-corrected chi connectivity index (χ2v) is 18.5. The van der Waals surface area contributed by atoms with Crippen LogP contribution < -0.4 is 35.3 Å². The number of furan rings is 2. The highest BCUT2D eigenvalue weighted by Gasteiger charge is 2.42. The molecule has 10 aromatic rings. The molecule has 6 heterocycles. The van der Waals surface area contributed by atoms with Crippen molar-refractivity contribution in [2.45, 2.75) is 52.9 Å². The van der Waals surface area contributed by atoms with Crippen molar-refractivity contribution in [1.82, 2.24) is 9.13 Å². The molecule has 322 valence electrons. The first-order valence-corrected chi connectivity index (χ1v) is 22.8. The highest BCUT2D eigenvalue weighted by atomic mass is 16.6. The summed E-state index contributed by atoms with van der Waals surface area (Å²) in [6.45, 7) is 12.9. The maximum absolute atomic E-state index is 6.63. The smallest absolute Gasteiger partial charge is 0.284 e. The molecule has 0 amide bonds. The Balaban J connectivity index is 0.939. The van der Waals surface area contributed by atoms with Crippen molar-refractivity contribution in [2.24, 2.45) is 0 Å². The summed E-state index contributed by atoms with van der Waals surface area (Å²) in [5.41, 5.74) is 14.8. The normalized spacial score (nSPS) is 12.7. The number of ether oxygens (including phenoxy) is 4. The van der Waals surface area contributed by atoms with Crippen molar-refractivity contribution in [1.29, 1.82) is 0 Å². The Morgan fingerprint density at radius 2 is 1.09 bits per heavy atom. The van der Waals surface area contributed by atoms with Crippen LogP contribution in [0.5, 0.6) is 23.4 Å². The molecule has 65 heavy (non-hydrogen) atoms. The Labute approximate surface area is 378 Å². The van der Waals surface area contributed by atoms with Gasteiger partial charge < -0.3 is 36.9 Å². The summed E-state index contributed by atoms with van der Waals surface area (Å²) in [6, 6.07) is 48.1. The van der Waals surface area contributed by atoms with Crippen molar-refractivity contribution in [3.63, 3.8) is 0 Å². The lowest BCUT2D eigenvalue weighted by molar-refractivity contribution is 0.207. The Morgan fingerprint density at radius 3 is 1.75 bits per heavy atom. The van der Waals surface area contributed by atoms with Gasteiger partial charge in [0.1, 0.15) is 23.0 Å². The molecule has 8 nitrogen and oxygen atoms in total. The molecular weight excluding hydrogens is 807 g/mol. The van der Waals surface area contributed by atoms with Crippen molar-refractivity contribution < 1.29 is 27.8 Å². The van der Waals surface area contributed by atoms with E-state index in [4.69, 9.17) is 27.8 Å². The fourth-order valence-corrected chi connectivity index (χ4v) is 10.2. The van der Waals surface area contributed by atoms with Crippen molar-refractivity contribution in [3.8, 4) is 45.9 Å². The summed E-state index contributed by atoms with van der Waals surface area (Å²) in [6.07, 6.45) is 1.48. The Bertz CT molecular complexity index is 3470. The zero-order valence-corrected chi connectivity index (χ0v) is 37.4. The number of hydrogen-bond donors (Lipinski definition) is 0. The van der Waals surface area contributed by atoms with E-state index in [2.05, 4.69) is 139 Å². The minimum atomic E-state index is -0.0877. The molecule has 9 heteroatoms. The van der Waals surface area contributed by atoms with E-state index >= 15 is 0 Å². The third-order valence-electron chi connectivity index (χ3n) is 13.2. The zero-order chi connectivity index (χ0) is 44.0. The summed E-state index contributed by atoms with van der Waals surface area (Å²) in [5.74, 6) is 4.47. The van der Waals surface area contributed by atoms with Crippen LogP contribution in [0.1, 0.15) is 50.7 Å². The van der Waals surface area contributed by atoms with Crippen LogP contribution in [-0.2, 0) is 5.41 Å². The summed E-state index contributed by atoms with van der Waals surface area (Å²) < 4.78 is 40.5. The highest BCUT2D eigenvalue weighted by molar-refractivity contribution is 7.00. The summed E-state index contributed by atoms with van der Waals surface area (Å²) in [5, 5.41) is 4.91. The van der Waals surface area contributed by atoms with Crippen LogP contribution in [0.2, 0.25) is 0 Å². The molecule has 6 aromatic carbocycles. The van der Waals surface area contributed by atoms with Crippen LogP contribution in [0, 0.1) is 13.8 Å². The van der Waals surface area contributed by atoms with E-state index in [1.54, 1.807) is 0 Å². The Hall–Kier alpha value is -7.26. The van der Waals surface area contributed by atoms with Crippen LogP contribution in [0.15, 0.2) is 142 Å². The van der Waals surface area contributed by atoms with Gasteiger partial charge in [-0.1, -0.05) is 75.4 Å². The minimum absolute atomic E-state index is 0.00386. The third-order valence-corrected chi connectivity index (χ3v) is 13.2. The van der Waals surface area contributed by atoms with Gasteiger partial charge in [0.25, 0.3) is 18.6 Å². The number of fused-ring (bicyclic) bond motifs is 10. The van der Waals surface area contributed by atoms with Gasteiger partial charge in [0.15, 0.2) is 0 Å². The lowest BCUT2D eigenvalue weighted by Crippen LogP contribution is -2.59. The van der Waals surface area contributed by atoms with Crippen molar-refractivity contribution >= 4 is 66.7 Å². The number of benzene rings is 6. The van der Waals surface area contributed by atoms with Gasteiger partial charge in [0.05, 0.1) is 37.5 Å². The van der Waals surface area contributed by atoms with Crippen LogP contribution in [0.25, 0.3) is 66.1 Å². The van der Waals surface area contributed by atoms with Gasteiger partial charge in [0, 0.05) is 68.9 Å². The molecule has 12 rings (SSSR count). The summed E-state index contributed by atoms with van der Waals surface area (Å²) in [7, 11) is 0. The molecule has 0 saturated carbocycles. The van der Waals surface area contributed by atoms with Crippen LogP contribution in [-0.4, -0.2) is 42.3 Å². The standard InChI is InChI=1S/C56H49BN2O6/c1-34-15-23-51(64-34)62-27-9-25-60-39-20-17-36(18-21-39)37-19-22-48-43(29-37)42-12-8-13-45-54(42)59(48)50-31-38(56(3,4)5)30-49-53(50)57(45)46-33-40(61-26-10-28-63-52-24-16-35(2)65-52)32-44-41-11-6-7-14-47(41)58(49)55(44)46/h6-8,11-24,29-33H,9-10,25-28H2,1-5H3. The molecule has 0 spiro atoms. The third kappa shape index (κ3) is 6.58. The first-order chi connectivity index (χ1) is 31.7. The second kappa shape index (κ2) is 15.2. The predicted molar refractivity (Wildman–Crippen MR) is 262 cm³/mol. The molecule has 0 fully saturated rings. The van der Waals surface area contributed by atoms with E-state index in [0.717, 1.165) is 41.4 Å². The zero-order valence-electron chi connectivity index (χ0n) is 37.4. The molecule has 0 radical (unpaired) electrons. The quantitative estimate of drug-likeness (QED) is 0.0849. The Kier molecular flexibility index (Phi) is 9.19. The van der Waals surface area contributed by atoms with Crippen molar-refractivity contribution in [2.75, 3.05) is 26.4 Å². The van der Waals surface area contributed by atoms with Gasteiger partial charge >= 0.3 is 0 Å². The van der Waals surface area contributed by atoms with E-state index in [9.17, 15) is 0 Å². The topological polar surface area (TPSA) is 73.1 Å². The average Bonchev–Trinajstić information content (AvgIpc) is 4.09. The fourth-order valence-electron chi connectivity index (χ4n) is 10.2. The lowest BCUT2D eigenvalue weighted by atomic mass is 9.34. The van der Waals surface area contributed by atoms with Gasteiger partial charge in [-0.15, -0.1) is 0 Å². The SMILES string of the molecule is Cc1ccc(OCCCOc2ccc(-c3ccc4c(c3)c3cccc5c3n4-c3cc(C(C)(C)C)cc4c3B5c3cc(OCCCOc5ccc(C)o5)cc5c6ccccc6n-4c35)cc2)o1. The minimum Gasteiger partial charge on any atom is -0.493 e. The second-order valence-electron chi connectivity index (χ2n) is 18.5. The molecule has 0 N–H and O–H groups in total. The number of aromatic nitrogens is 2. The van der Waals surface area contributed by atoms with Crippen LogP contribution >= 0.6 is 0 Å². The summed E-state index contributed by atoms with van der Waals surface area (Å²) >= 11 is 0. The van der Waals surface area contributed by atoms with Crippen LogP contribution in [0.3, 0.4) is 0 Å². The first kappa shape index (κ1) is 39.3. The van der Waals surface area contributed by atoms with Gasteiger partial charge in [-0.2, -0.15) is 0 Å². The highest BCUT2D eigenvalue weighted by Crippen LogP contribution is 2.42. The van der Waals surface area contributed by atoms with Gasteiger partial charge in [-0.25, -0.2) is 0 Å². The van der Waals surface area contributed by atoms with Gasteiger partial charge in [0.2, 0.25) is 0 Å². The van der Waals surface area contributed by atoms with Crippen LogP contribution in [0.4, 0.5) is 0 Å². The molecule has 0 atom stereocenters. The van der Waals surface area contributed by atoms with Gasteiger partial charge in [-0.05, 0) is 119 Å². The molecule has 0 unspecified atom stereocenters. The molecule has 0 aliphatic carbocycles. The summed E-state index contributed by atoms with van der Waals surface area (Å²) in [4.78, 5) is 0. The van der Waals surface area contributed by atoms with Gasteiger partial charge in [-0.3, -0.25) is 0 Å². The Morgan fingerprint density at radius 1 is 0.492 bits per heavy atom. The number of hydrogen-bond acceptors (Lipinski definition) is 6. The maximum atomic E-state index is 6.63. The number of rotatable bonds is 13. The molecular formula is C56H49BN2O6. The first-order valence-electron chi connectivity index (χ1n) is 22.8. The number of para-hydroxylation sites is 2. The van der Waals surface area contributed by atoms with Crippen molar-refractivity contribution in [3.05, 3.63) is 151 Å². The molecule has 4 aromatic heterocycles. The lowest BCUT2D eigenvalue weighted by Gasteiger charge is -2.35. The predicted octanol–water partition coefficient (Wildman–Crippen LogP) is 11.5. The van der Waals surface area contributed by atoms with E-state index in [0.29, 0.717) is 38.3 Å². The maximum Gasteiger partial charge on any atom is 0.284 e. The van der Waals surface area contributed by atoms with E-state index in [1.807, 2.05) is 38.1 Å². The number of aryl methyl sites for hydroxylation is 2.